The van der Waals surface area contributed by atoms with Gasteiger partial charge >= 0.3 is 0 Å². The van der Waals surface area contributed by atoms with E-state index in [1.165, 1.54) is 17.7 Å². The summed E-state index contributed by atoms with van der Waals surface area (Å²) in [5.41, 5.74) is 6.94. The van der Waals surface area contributed by atoms with Gasteiger partial charge in [0.05, 0.1) is 5.69 Å². The van der Waals surface area contributed by atoms with Gasteiger partial charge in [0.25, 0.3) is 0 Å². The Bertz CT molecular complexity index is 1100. The number of fused-ring (bicyclic) bond motifs is 2. The van der Waals surface area contributed by atoms with Crippen LogP contribution in [0.3, 0.4) is 0 Å². The number of amides is 1. The van der Waals surface area contributed by atoms with Crippen LogP contribution in [0.15, 0.2) is 24.3 Å². The number of aromatic nitrogens is 3. The van der Waals surface area contributed by atoms with Crippen molar-refractivity contribution in [2.24, 2.45) is 11.3 Å². The van der Waals surface area contributed by atoms with Crippen molar-refractivity contribution in [3.63, 3.8) is 0 Å². The zero-order valence-electron chi connectivity index (χ0n) is 18.8. The molecule has 1 aromatic carbocycles. The van der Waals surface area contributed by atoms with Crippen LogP contribution in [0.2, 0.25) is 0 Å². The molecule has 3 aromatic rings. The number of nitrogens with zero attached hydrogens (tertiary/aromatic N) is 2. The number of nitrogens with one attached hydrogen (secondary N) is 2. The first-order valence-electron chi connectivity index (χ1n) is 11.4. The fourth-order valence-corrected chi connectivity index (χ4v) is 5.02. The second-order valence-corrected chi connectivity index (χ2v) is 10.1. The Morgan fingerprint density at radius 1 is 1.32 bits per heavy atom. The highest BCUT2D eigenvalue weighted by Gasteiger charge is 2.29. The molecule has 1 fully saturated rings. The van der Waals surface area contributed by atoms with E-state index in [1.54, 1.807) is 4.90 Å². The van der Waals surface area contributed by atoms with Gasteiger partial charge in [0.1, 0.15) is 5.69 Å². The third-order valence-corrected chi connectivity index (χ3v) is 7.00. The maximum absolute atomic E-state index is 12.8. The van der Waals surface area contributed by atoms with E-state index in [4.69, 9.17) is 4.74 Å². The van der Waals surface area contributed by atoms with E-state index in [2.05, 4.69) is 47.2 Å². The quantitative estimate of drug-likeness (QED) is 0.633. The van der Waals surface area contributed by atoms with Crippen LogP contribution in [0.4, 0.5) is 5.69 Å². The van der Waals surface area contributed by atoms with Crippen LogP contribution in [0.5, 0.6) is 0 Å². The minimum absolute atomic E-state index is 0.144. The number of aromatic amines is 2. The zero-order valence-corrected chi connectivity index (χ0v) is 18.8. The first kappa shape index (κ1) is 20.3. The molecule has 1 atom stereocenters. The largest absolute Gasteiger partial charge is 0.381 e. The summed E-state index contributed by atoms with van der Waals surface area (Å²) in [5, 5.41) is 9.05. The Balaban J connectivity index is 1.37. The third-order valence-electron chi connectivity index (χ3n) is 7.00. The fourth-order valence-electron chi connectivity index (χ4n) is 5.02. The number of anilines is 1. The van der Waals surface area contributed by atoms with Gasteiger partial charge in [-0.3, -0.25) is 9.89 Å². The lowest BCUT2D eigenvalue weighted by Gasteiger charge is -2.28. The lowest BCUT2D eigenvalue weighted by Crippen LogP contribution is -2.30. The Kier molecular flexibility index (Phi) is 5.13. The number of ether oxygens (including phenoxy) is 1. The van der Waals surface area contributed by atoms with Crippen LogP contribution in [0.25, 0.3) is 22.3 Å². The summed E-state index contributed by atoms with van der Waals surface area (Å²) >= 11 is 0. The van der Waals surface area contributed by atoms with Crippen molar-refractivity contribution in [3.8, 4) is 11.4 Å². The smallest absolute Gasteiger partial charge is 0.227 e. The van der Waals surface area contributed by atoms with Crippen molar-refractivity contribution >= 4 is 22.5 Å². The standard InChI is InChI=1S/C25H32N4O2/c1-25(2)9-8-19-22(14-25)27-28-24(19)21-12-17-6-7-18(13-20(17)26-21)29(3)23(30)11-16-5-4-10-31-15-16/h6-7,12-13,16,26H,4-5,8-11,14-15H2,1-3H3,(H,27,28). The van der Waals surface area contributed by atoms with Gasteiger partial charge in [-0.05, 0) is 61.6 Å². The highest BCUT2D eigenvalue weighted by molar-refractivity contribution is 5.96. The number of rotatable bonds is 4. The molecule has 2 aromatic heterocycles. The summed E-state index contributed by atoms with van der Waals surface area (Å²) in [5.74, 6) is 0.478. The summed E-state index contributed by atoms with van der Waals surface area (Å²) in [6.07, 6.45) is 5.93. The monoisotopic (exact) mass is 420 g/mol. The molecule has 0 bridgehead atoms. The highest BCUT2D eigenvalue weighted by Crippen LogP contribution is 2.38. The molecule has 6 heteroatoms. The molecule has 1 amide bonds. The Labute approximate surface area is 183 Å². The van der Waals surface area contributed by atoms with Crippen LogP contribution in [-0.2, 0) is 22.4 Å². The minimum Gasteiger partial charge on any atom is -0.381 e. The van der Waals surface area contributed by atoms with Gasteiger partial charge in [0.2, 0.25) is 5.91 Å². The average molecular weight is 421 g/mol. The molecule has 1 aliphatic heterocycles. The first-order chi connectivity index (χ1) is 14.9. The molecule has 2 N–H and O–H groups in total. The van der Waals surface area contributed by atoms with Crippen molar-refractivity contribution in [3.05, 3.63) is 35.5 Å². The van der Waals surface area contributed by atoms with Gasteiger partial charge in [-0.2, -0.15) is 5.10 Å². The van der Waals surface area contributed by atoms with E-state index >= 15 is 0 Å². The lowest BCUT2D eigenvalue weighted by molar-refractivity contribution is -0.120. The van der Waals surface area contributed by atoms with Crippen molar-refractivity contribution in [1.29, 1.82) is 0 Å². The SMILES string of the molecule is CN(C(=O)CC1CCCOC1)c1ccc2cc(-c3n[nH]c4c3CCC(C)(C)C4)[nH]c2c1. The van der Waals surface area contributed by atoms with Crippen molar-refractivity contribution in [2.45, 2.75) is 52.4 Å². The normalized spacial score (nSPS) is 20.5. The molecule has 1 saturated heterocycles. The van der Waals surface area contributed by atoms with Gasteiger partial charge in [0.15, 0.2) is 0 Å². The molecule has 1 unspecified atom stereocenters. The number of hydrogen-bond acceptors (Lipinski definition) is 3. The molecule has 164 valence electrons. The molecular weight excluding hydrogens is 388 g/mol. The second-order valence-electron chi connectivity index (χ2n) is 10.1. The summed E-state index contributed by atoms with van der Waals surface area (Å²) in [4.78, 5) is 18.1. The maximum atomic E-state index is 12.8. The number of carbonyl (C=O) groups is 1. The molecule has 0 saturated carbocycles. The van der Waals surface area contributed by atoms with Crippen LogP contribution in [0, 0.1) is 11.3 Å². The van der Waals surface area contributed by atoms with E-state index in [-0.39, 0.29) is 5.91 Å². The summed E-state index contributed by atoms with van der Waals surface area (Å²) in [6, 6.07) is 8.34. The van der Waals surface area contributed by atoms with Crippen LogP contribution in [-0.4, -0.2) is 41.3 Å². The highest BCUT2D eigenvalue weighted by atomic mass is 16.5. The molecule has 31 heavy (non-hydrogen) atoms. The maximum Gasteiger partial charge on any atom is 0.227 e. The van der Waals surface area contributed by atoms with E-state index in [0.29, 0.717) is 24.4 Å². The predicted molar refractivity (Wildman–Crippen MR) is 123 cm³/mol. The molecule has 2 aliphatic rings. The van der Waals surface area contributed by atoms with Crippen LogP contribution >= 0.6 is 0 Å². The molecule has 6 nitrogen and oxygen atoms in total. The lowest BCUT2D eigenvalue weighted by atomic mass is 9.76. The van der Waals surface area contributed by atoms with Crippen molar-refractivity contribution in [2.75, 3.05) is 25.2 Å². The number of H-pyrrole nitrogens is 2. The van der Waals surface area contributed by atoms with Gasteiger partial charge in [-0.25, -0.2) is 0 Å². The zero-order chi connectivity index (χ0) is 21.6. The number of hydrogen-bond donors (Lipinski definition) is 2. The molecule has 3 heterocycles. The number of benzene rings is 1. The van der Waals surface area contributed by atoms with Crippen molar-refractivity contribution < 1.29 is 9.53 Å². The molecule has 1 aliphatic carbocycles. The summed E-state index contributed by atoms with van der Waals surface area (Å²) in [7, 11) is 1.86. The molecule has 0 radical (unpaired) electrons. The Morgan fingerprint density at radius 2 is 2.19 bits per heavy atom. The van der Waals surface area contributed by atoms with E-state index in [0.717, 1.165) is 60.3 Å². The topological polar surface area (TPSA) is 74.0 Å². The van der Waals surface area contributed by atoms with E-state index in [9.17, 15) is 4.79 Å². The molecular formula is C25H32N4O2. The van der Waals surface area contributed by atoms with E-state index in [1.807, 2.05) is 13.1 Å². The third kappa shape index (κ3) is 4.01. The van der Waals surface area contributed by atoms with E-state index < -0.39 is 0 Å². The molecule has 0 spiro atoms. The predicted octanol–water partition coefficient (Wildman–Crippen LogP) is 4.85. The van der Waals surface area contributed by atoms with Gasteiger partial charge in [-0.15, -0.1) is 0 Å². The Morgan fingerprint density at radius 3 is 3.00 bits per heavy atom. The first-order valence-corrected chi connectivity index (χ1v) is 11.4. The average Bonchev–Trinajstić information content (AvgIpc) is 3.35. The van der Waals surface area contributed by atoms with Crippen LogP contribution in [0.1, 0.15) is 50.8 Å². The number of carbonyl (C=O) groups excluding carboxylic acids is 1. The fraction of sp³-hybridized carbons (Fsp3) is 0.520. The van der Waals surface area contributed by atoms with Crippen LogP contribution < -0.4 is 4.90 Å². The molecule has 5 rings (SSSR count). The summed E-state index contributed by atoms with van der Waals surface area (Å²) < 4.78 is 5.53. The van der Waals surface area contributed by atoms with Gasteiger partial charge in [-0.1, -0.05) is 19.9 Å². The van der Waals surface area contributed by atoms with Gasteiger partial charge < -0.3 is 14.6 Å². The Hall–Kier alpha value is -2.60. The summed E-state index contributed by atoms with van der Waals surface area (Å²) in [6.45, 7) is 6.16. The van der Waals surface area contributed by atoms with Gasteiger partial charge in [0, 0.05) is 54.5 Å². The second kappa shape index (κ2) is 7.83. The minimum atomic E-state index is 0.144. The van der Waals surface area contributed by atoms with Crippen molar-refractivity contribution in [1.82, 2.24) is 15.2 Å².